The van der Waals surface area contributed by atoms with Crippen LogP contribution in [-0.4, -0.2) is 38.6 Å². The fraction of sp³-hybridized carbons (Fsp3) is 0.0588. The number of aromatic amines is 1. The van der Waals surface area contributed by atoms with Gasteiger partial charge < -0.3 is 14.8 Å². The molecule has 0 spiro atoms. The highest BCUT2D eigenvalue weighted by atomic mass is 79.9. The van der Waals surface area contributed by atoms with Crippen molar-refractivity contribution in [3.8, 4) is 11.5 Å². The number of hydrogen-bond donors (Lipinski definition) is 3. The summed E-state index contributed by atoms with van der Waals surface area (Å²) < 4.78 is 6.31. The van der Waals surface area contributed by atoms with E-state index in [9.17, 15) is 5.11 Å². The fourth-order valence-corrected chi connectivity index (χ4v) is 4.10. The molecule has 2 heterocycles. The molecule has 27 heavy (non-hydrogen) atoms. The summed E-state index contributed by atoms with van der Waals surface area (Å²) in [6.45, 7) is 0. The third-order valence-electron chi connectivity index (χ3n) is 3.87. The van der Waals surface area contributed by atoms with E-state index in [0.29, 0.717) is 31.4 Å². The summed E-state index contributed by atoms with van der Waals surface area (Å²) in [4.78, 5) is 7.56. The van der Waals surface area contributed by atoms with Gasteiger partial charge in [-0.05, 0) is 44.0 Å². The SMILES string of the molecule is COc1c(Br)cc(/C=N/Nc2nnc3c(n2)[nH]c2ccccc23)c(O)c1Br. The van der Waals surface area contributed by atoms with Gasteiger partial charge in [0.1, 0.15) is 15.7 Å². The highest BCUT2D eigenvalue weighted by molar-refractivity contribution is 9.11. The van der Waals surface area contributed by atoms with Crippen LogP contribution >= 0.6 is 31.9 Å². The summed E-state index contributed by atoms with van der Waals surface area (Å²) in [7, 11) is 1.52. The number of phenolic OH excluding ortho intramolecular Hbond substituents is 1. The van der Waals surface area contributed by atoms with Crippen LogP contribution in [0.2, 0.25) is 0 Å². The number of methoxy groups -OCH3 is 1. The molecule has 2 aromatic carbocycles. The van der Waals surface area contributed by atoms with Crippen LogP contribution in [0.4, 0.5) is 5.95 Å². The van der Waals surface area contributed by atoms with E-state index < -0.39 is 0 Å². The second-order valence-electron chi connectivity index (χ2n) is 5.52. The topological polar surface area (TPSA) is 108 Å². The lowest BCUT2D eigenvalue weighted by Crippen LogP contribution is -1.99. The number of aromatic nitrogens is 4. The molecule has 8 nitrogen and oxygen atoms in total. The molecule has 136 valence electrons. The molecule has 0 aliphatic heterocycles. The quantitative estimate of drug-likeness (QED) is 0.292. The monoisotopic (exact) mass is 490 g/mol. The minimum atomic E-state index is 0.00529. The Labute approximate surface area is 169 Å². The van der Waals surface area contributed by atoms with Gasteiger partial charge in [-0.3, -0.25) is 0 Å². The third kappa shape index (κ3) is 3.21. The first-order valence-electron chi connectivity index (χ1n) is 7.73. The molecule has 4 rings (SSSR count). The van der Waals surface area contributed by atoms with Crippen molar-refractivity contribution in [2.45, 2.75) is 0 Å². The van der Waals surface area contributed by atoms with E-state index in [2.05, 4.69) is 62.6 Å². The minimum Gasteiger partial charge on any atom is -0.506 e. The molecule has 0 radical (unpaired) electrons. The van der Waals surface area contributed by atoms with Gasteiger partial charge in [0.25, 0.3) is 5.95 Å². The first kappa shape index (κ1) is 17.7. The first-order chi connectivity index (χ1) is 13.1. The van der Waals surface area contributed by atoms with E-state index >= 15 is 0 Å². The number of anilines is 1. The number of para-hydroxylation sites is 1. The highest BCUT2D eigenvalue weighted by Gasteiger charge is 2.14. The van der Waals surface area contributed by atoms with Crippen LogP contribution < -0.4 is 10.2 Å². The maximum atomic E-state index is 10.2. The van der Waals surface area contributed by atoms with Crippen LogP contribution in [0.1, 0.15) is 5.56 Å². The number of benzene rings is 2. The van der Waals surface area contributed by atoms with Gasteiger partial charge in [0.2, 0.25) is 0 Å². The molecule has 0 amide bonds. The Balaban J connectivity index is 1.61. The van der Waals surface area contributed by atoms with Crippen molar-refractivity contribution in [3.05, 3.63) is 44.8 Å². The zero-order valence-corrected chi connectivity index (χ0v) is 17.0. The van der Waals surface area contributed by atoms with E-state index in [-0.39, 0.29) is 11.7 Å². The van der Waals surface area contributed by atoms with E-state index in [4.69, 9.17) is 4.74 Å². The number of ether oxygens (including phenoxy) is 1. The molecule has 0 bridgehead atoms. The maximum absolute atomic E-state index is 10.2. The number of nitrogens with zero attached hydrogens (tertiary/aromatic N) is 4. The Morgan fingerprint density at radius 1 is 1.26 bits per heavy atom. The van der Waals surface area contributed by atoms with Crippen LogP contribution in [-0.2, 0) is 0 Å². The van der Waals surface area contributed by atoms with Gasteiger partial charge in [-0.1, -0.05) is 18.2 Å². The van der Waals surface area contributed by atoms with Gasteiger partial charge in [-0.25, -0.2) is 5.43 Å². The molecule has 4 aromatic rings. The van der Waals surface area contributed by atoms with Crippen molar-refractivity contribution in [2.75, 3.05) is 12.5 Å². The largest absolute Gasteiger partial charge is 0.506 e. The molecule has 0 saturated heterocycles. The Bertz CT molecular complexity index is 1190. The normalized spacial score (nSPS) is 11.5. The number of aromatic hydroxyl groups is 1. The van der Waals surface area contributed by atoms with Crippen molar-refractivity contribution in [2.24, 2.45) is 5.10 Å². The Morgan fingerprint density at radius 3 is 2.89 bits per heavy atom. The summed E-state index contributed by atoms with van der Waals surface area (Å²) in [6.07, 6.45) is 1.45. The summed E-state index contributed by atoms with van der Waals surface area (Å²) in [5.74, 6) is 0.733. The molecule has 0 atom stereocenters. The van der Waals surface area contributed by atoms with Gasteiger partial charge >= 0.3 is 0 Å². The molecule has 3 N–H and O–H groups in total. The van der Waals surface area contributed by atoms with Crippen LogP contribution in [0.3, 0.4) is 0 Å². The number of hydrogen-bond acceptors (Lipinski definition) is 7. The smallest absolute Gasteiger partial charge is 0.265 e. The first-order valence-corrected chi connectivity index (χ1v) is 9.32. The van der Waals surface area contributed by atoms with Gasteiger partial charge in [0, 0.05) is 16.5 Å². The van der Waals surface area contributed by atoms with Crippen LogP contribution in [0.15, 0.2) is 44.4 Å². The number of nitrogens with one attached hydrogen (secondary N) is 2. The number of halogens is 2. The second-order valence-corrected chi connectivity index (χ2v) is 7.16. The number of H-pyrrole nitrogens is 1. The third-order valence-corrected chi connectivity index (χ3v) is 5.20. The van der Waals surface area contributed by atoms with Crippen molar-refractivity contribution >= 4 is 66.1 Å². The van der Waals surface area contributed by atoms with Gasteiger partial charge in [0.05, 0.1) is 17.8 Å². The van der Waals surface area contributed by atoms with E-state index in [1.54, 1.807) is 6.07 Å². The second kappa shape index (κ2) is 7.12. The van der Waals surface area contributed by atoms with Gasteiger partial charge in [-0.15, -0.1) is 10.2 Å². The Morgan fingerprint density at radius 2 is 2.07 bits per heavy atom. The fourth-order valence-electron chi connectivity index (χ4n) is 2.62. The summed E-state index contributed by atoms with van der Waals surface area (Å²) in [6, 6.07) is 9.46. The standard InChI is InChI=1S/C17H12Br2N6O2/c1-27-15-10(18)6-8(14(26)12(15)19)7-20-24-17-22-16-13(23-25-17)9-4-2-3-5-11(9)21-16/h2-7,26H,1H3,(H2,21,22,24,25)/b20-7+. The lowest BCUT2D eigenvalue weighted by atomic mass is 10.2. The Kier molecular flexibility index (Phi) is 4.66. The summed E-state index contributed by atoms with van der Waals surface area (Å²) >= 11 is 6.68. The summed E-state index contributed by atoms with van der Waals surface area (Å²) in [5.41, 5.74) is 5.44. The average Bonchev–Trinajstić information content (AvgIpc) is 3.04. The molecular formula is C17H12Br2N6O2. The molecule has 2 aromatic heterocycles. The molecule has 10 heteroatoms. The zero-order chi connectivity index (χ0) is 19.0. The lowest BCUT2D eigenvalue weighted by Gasteiger charge is -2.09. The van der Waals surface area contributed by atoms with Crippen molar-refractivity contribution in [1.82, 2.24) is 20.2 Å². The molecule has 0 unspecified atom stereocenters. The molecule has 0 aliphatic rings. The molecule has 0 aliphatic carbocycles. The molecule has 0 fully saturated rings. The lowest BCUT2D eigenvalue weighted by molar-refractivity contribution is 0.400. The Hall–Kier alpha value is -2.72. The number of rotatable bonds is 4. The summed E-state index contributed by atoms with van der Waals surface area (Å²) in [5, 5.41) is 23.5. The molecule has 0 saturated carbocycles. The predicted molar refractivity (Wildman–Crippen MR) is 110 cm³/mol. The van der Waals surface area contributed by atoms with E-state index in [1.165, 1.54) is 13.3 Å². The zero-order valence-electron chi connectivity index (χ0n) is 13.9. The van der Waals surface area contributed by atoms with Crippen LogP contribution in [0.5, 0.6) is 11.5 Å². The minimum absolute atomic E-state index is 0.00529. The van der Waals surface area contributed by atoms with Gasteiger partial charge in [0.15, 0.2) is 11.4 Å². The van der Waals surface area contributed by atoms with Gasteiger partial charge in [-0.2, -0.15) is 10.1 Å². The highest BCUT2D eigenvalue weighted by Crippen LogP contribution is 2.41. The van der Waals surface area contributed by atoms with E-state index in [0.717, 1.165) is 10.9 Å². The van der Waals surface area contributed by atoms with E-state index in [1.807, 2.05) is 24.3 Å². The molecular weight excluding hydrogens is 480 g/mol. The number of fused-ring (bicyclic) bond motifs is 3. The van der Waals surface area contributed by atoms with Crippen molar-refractivity contribution in [3.63, 3.8) is 0 Å². The maximum Gasteiger partial charge on any atom is 0.265 e. The number of phenols is 1. The average molecular weight is 492 g/mol. The van der Waals surface area contributed by atoms with Crippen LogP contribution in [0, 0.1) is 0 Å². The van der Waals surface area contributed by atoms with Crippen molar-refractivity contribution < 1.29 is 9.84 Å². The van der Waals surface area contributed by atoms with Crippen LogP contribution in [0.25, 0.3) is 22.1 Å². The van der Waals surface area contributed by atoms with Crippen molar-refractivity contribution in [1.29, 1.82) is 0 Å². The predicted octanol–water partition coefficient (Wildman–Crippen LogP) is 4.19. The number of hydrazone groups is 1.